The predicted molar refractivity (Wildman–Crippen MR) is 80.5 cm³/mol. The summed E-state index contributed by atoms with van der Waals surface area (Å²) < 4.78 is 20.4. The third-order valence-electron chi connectivity index (χ3n) is 2.86. The van der Waals surface area contributed by atoms with Crippen molar-refractivity contribution in [3.63, 3.8) is 0 Å². The van der Waals surface area contributed by atoms with Crippen molar-refractivity contribution in [1.29, 1.82) is 0 Å². The molecule has 106 valence electrons. The molecule has 0 fully saturated rings. The van der Waals surface area contributed by atoms with Gasteiger partial charge in [0.2, 0.25) is 0 Å². The largest absolute Gasteiger partial charge is 0.423 e. The van der Waals surface area contributed by atoms with Crippen molar-refractivity contribution in [2.45, 2.75) is 5.33 Å². The third-order valence-corrected chi connectivity index (χ3v) is 3.46. The standard InChI is InChI=1S/C15H11BrFN3O/c16-9-11-8-12(17)6-7-14(11)21-15-18-10-20(19-15)13-4-2-1-3-5-13/h1-8,10H,9H2. The number of hydrogen-bond acceptors (Lipinski definition) is 3. The van der Waals surface area contributed by atoms with E-state index in [-0.39, 0.29) is 11.8 Å². The van der Waals surface area contributed by atoms with Crippen molar-refractivity contribution < 1.29 is 9.13 Å². The van der Waals surface area contributed by atoms with Crippen LogP contribution in [-0.2, 0) is 5.33 Å². The van der Waals surface area contributed by atoms with Gasteiger partial charge in [0.25, 0.3) is 0 Å². The number of hydrogen-bond donors (Lipinski definition) is 0. The highest BCUT2D eigenvalue weighted by molar-refractivity contribution is 9.08. The average molecular weight is 348 g/mol. The van der Waals surface area contributed by atoms with Crippen LogP contribution in [0.5, 0.6) is 11.8 Å². The molecule has 0 aliphatic heterocycles. The highest BCUT2D eigenvalue weighted by Gasteiger charge is 2.09. The van der Waals surface area contributed by atoms with Crippen LogP contribution in [0.4, 0.5) is 4.39 Å². The zero-order valence-corrected chi connectivity index (χ0v) is 12.5. The summed E-state index contributed by atoms with van der Waals surface area (Å²) in [6, 6.07) is 14.1. The number of aromatic nitrogens is 3. The molecule has 0 saturated carbocycles. The Balaban J connectivity index is 1.85. The quantitative estimate of drug-likeness (QED) is 0.667. The lowest BCUT2D eigenvalue weighted by molar-refractivity contribution is 0.436. The molecule has 0 unspecified atom stereocenters. The third kappa shape index (κ3) is 3.11. The van der Waals surface area contributed by atoms with Gasteiger partial charge < -0.3 is 4.74 Å². The van der Waals surface area contributed by atoms with Crippen molar-refractivity contribution in [2.24, 2.45) is 0 Å². The molecule has 0 aliphatic rings. The smallest absolute Gasteiger partial charge is 0.341 e. The van der Waals surface area contributed by atoms with Gasteiger partial charge in [0, 0.05) is 10.9 Å². The molecule has 0 amide bonds. The van der Waals surface area contributed by atoms with Gasteiger partial charge in [-0.25, -0.2) is 9.07 Å². The molecule has 21 heavy (non-hydrogen) atoms. The molecule has 2 aromatic carbocycles. The molecule has 0 radical (unpaired) electrons. The first-order chi connectivity index (χ1) is 10.3. The van der Waals surface area contributed by atoms with Gasteiger partial charge in [-0.1, -0.05) is 34.1 Å². The summed E-state index contributed by atoms with van der Waals surface area (Å²) in [5, 5.41) is 4.73. The van der Waals surface area contributed by atoms with Gasteiger partial charge in [0.05, 0.1) is 5.69 Å². The first kappa shape index (κ1) is 13.8. The van der Waals surface area contributed by atoms with E-state index in [9.17, 15) is 4.39 Å². The number of halogens is 2. The van der Waals surface area contributed by atoms with Crippen LogP contribution < -0.4 is 4.74 Å². The fourth-order valence-electron chi connectivity index (χ4n) is 1.85. The molecular formula is C15H11BrFN3O. The van der Waals surface area contributed by atoms with Gasteiger partial charge in [0.15, 0.2) is 0 Å². The molecular weight excluding hydrogens is 337 g/mol. The van der Waals surface area contributed by atoms with Gasteiger partial charge in [-0.15, -0.1) is 5.10 Å². The number of ether oxygens (including phenoxy) is 1. The van der Waals surface area contributed by atoms with Crippen LogP contribution in [0.2, 0.25) is 0 Å². The monoisotopic (exact) mass is 347 g/mol. The minimum absolute atomic E-state index is 0.215. The Kier molecular flexibility index (Phi) is 3.96. The molecule has 0 bridgehead atoms. The SMILES string of the molecule is Fc1ccc(Oc2ncn(-c3ccccc3)n2)c(CBr)c1. The molecule has 4 nitrogen and oxygen atoms in total. The second-order valence-electron chi connectivity index (χ2n) is 4.29. The Hall–Kier alpha value is -2.21. The van der Waals surface area contributed by atoms with Crippen LogP contribution in [0.15, 0.2) is 54.9 Å². The molecule has 1 heterocycles. The zero-order valence-electron chi connectivity index (χ0n) is 10.9. The van der Waals surface area contributed by atoms with E-state index in [4.69, 9.17) is 4.74 Å². The summed E-state index contributed by atoms with van der Waals surface area (Å²) in [6.45, 7) is 0. The molecule has 0 spiro atoms. The molecule has 6 heteroatoms. The number of benzene rings is 2. The van der Waals surface area contributed by atoms with E-state index in [0.717, 1.165) is 5.69 Å². The van der Waals surface area contributed by atoms with Crippen molar-refractivity contribution in [3.05, 3.63) is 66.2 Å². The topological polar surface area (TPSA) is 39.9 Å². The molecule has 1 aromatic heterocycles. The molecule has 3 aromatic rings. The second-order valence-corrected chi connectivity index (χ2v) is 4.86. The number of para-hydroxylation sites is 1. The normalized spacial score (nSPS) is 10.6. The Morgan fingerprint density at radius 3 is 2.71 bits per heavy atom. The van der Waals surface area contributed by atoms with E-state index in [2.05, 4.69) is 26.0 Å². The summed E-state index contributed by atoms with van der Waals surface area (Å²) in [4.78, 5) is 4.11. The lowest BCUT2D eigenvalue weighted by Crippen LogP contribution is -1.96. The lowest BCUT2D eigenvalue weighted by Gasteiger charge is -2.06. The maximum absolute atomic E-state index is 13.2. The van der Waals surface area contributed by atoms with Crippen LogP contribution in [0, 0.1) is 5.82 Å². The Morgan fingerprint density at radius 2 is 1.95 bits per heavy atom. The fraction of sp³-hybridized carbons (Fsp3) is 0.0667. The first-order valence-corrected chi connectivity index (χ1v) is 7.38. The number of alkyl halides is 1. The maximum Gasteiger partial charge on any atom is 0.341 e. The number of rotatable bonds is 4. The Morgan fingerprint density at radius 1 is 1.14 bits per heavy atom. The zero-order chi connectivity index (χ0) is 14.7. The van der Waals surface area contributed by atoms with Crippen molar-refractivity contribution >= 4 is 15.9 Å². The van der Waals surface area contributed by atoms with Gasteiger partial charge in [-0.2, -0.15) is 4.98 Å². The molecule has 0 N–H and O–H groups in total. The second kappa shape index (κ2) is 6.05. The van der Waals surface area contributed by atoms with E-state index in [0.29, 0.717) is 16.6 Å². The highest BCUT2D eigenvalue weighted by atomic mass is 79.9. The summed E-state index contributed by atoms with van der Waals surface area (Å²) in [5.74, 6) is 0.221. The summed E-state index contributed by atoms with van der Waals surface area (Å²) in [6.07, 6.45) is 1.57. The van der Waals surface area contributed by atoms with E-state index < -0.39 is 0 Å². The fourth-order valence-corrected chi connectivity index (χ4v) is 2.29. The highest BCUT2D eigenvalue weighted by Crippen LogP contribution is 2.26. The first-order valence-electron chi connectivity index (χ1n) is 6.25. The lowest BCUT2D eigenvalue weighted by atomic mass is 10.2. The molecule has 0 atom stereocenters. The molecule has 3 rings (SSSR count). The summed E-state index contributed by atoms with van der Waals surface area (Å²) in [7, 11) is 0. The molecule has 0 aliphatic carbocycles. The van der Waals surface area contributed by atoms with Crippen LogP contribution in [-0.4, -0.2) is 14.8 Å². The van der Waals surface area contributed by atoms with Crippen LogP contribution in [0.3, 0.4) is 0 Å². The van der Waals surface area contributed by atoms with Crippen molar-refractivity contribution in [3.8, 4) is 17.4 Å². The average Bonchev–Trinajstić information content (AvgIpc) is 2.98. The predicted octanol–water partition coefficient (Wildman–Crippen LogP) is 4.09. The Bertz CT molecular complexity index is 746. The number of nitrogens with zero attached hydrogens (tertiary/aromatic N) is 3. The van der Waals surface area contributed by atoms with Crippen LogP contribution in [0.25, 0.3) is 5.69 Å². The van der Waals surface area contributed by atoms with Gasteiger partial charge in [-0.05, 0) is 30.3 Å². The maximum atomic E-state index is 13.2. The van der Waals surface area contributed by atoms with E-state index >= 15 is 0 Å². The Labute approximate surface area is 129 Å². The van der Waals surface area contributed by atoms with Crippen molar-refractivity contribution in [1.82, 2.24) is 14.8 Å². The van der Waals surface area contributed by atoms with E-state index in [1.807, 2.05) is 30.3 Å². The van der Waals surface area contributed by atoms with Gasteiger partial charge in [-0.3, -0.25) is 0 Å². The van der Waals surface area contributed by atoms with E-state index in [1.165, 1.54) is 12.1 Å². The van der Waals surface area contributed by atoms with Crippen LogP contribution in [0.1, 0.15) is 5.56 Å². The molecule has 0 saturated heterocycles. The van der Waals surface area contributed by atoms with E-state index in [1.54, 1.807) is 17.1 Å². The minimum Gasteiger partial charge on any atom is -0.423 e. The summed E-state index contributed by atoms with van der Waals surface area (Å²) in [5.41, 5.74) is 1.59. The van der Waals surface area contributed by atoms with Gasteiger partial charge >= 0.3 is 6.01 Å². The van der Waals surface area contributed by atoms with Gasteiger partial charge in [0.1, 0.15) is 17.9 Å². The van der Waals surface area contributed by atoms with Crippen molar-refractivity contribution in [2.75, 3.05) is 0 Å². The minimum atomic E-state index is -0.306. The van der Waals surface area contributed by atoms with Crippen LogP contribution >= 0.6 is 15.9 Å². The summed E-state index contributed by atoms with van der Waals surface area (Å²) >= 11 is 3.31.